The standard InChI is InChI=1S/C17H19F2NOS/c1-4-5-12-8-16(22-11(12)3)17(21)20-10(2)14-7-6-13(18)9-15(14)19/h6-10H,4-5H2,1-3H3,(H,20,21)/t10-/m1/s1. The van der Waals surface area contributed by atoms with Crippen molar-refractivity contribution < 1.29 is 13.6 Å². The Balaban J connectivity index is 2.12. The maximum absolute atomic E-state index is 13.7. The number of hydrogen-bond acceptors (Lipinski definition) is 2. The fraction of sp³-hybridized carbons (Fsp3) is 0.353. The van der Waals surface area contributed by atoms with E-state index in [-0.39, 0.29) is 11.5 Å². The van der Waals surface area contributed by atoms with Crippen LogP contribution < -0.4 is 5.32 Å². The first-order valence-electron chi connectivity index (χ1n) is 7.27. The Hall–Kier alpha value is -1.75. The average Bonchev–Trinajstić information content (AvgIpc) is 2.80. The third kappa shape index (κ3) is 3.71. The summed E-state index contributed by atoms with van der Waals surface area (Å²) in [5.41, 5.74) is 1.45. The highest BCUT2D eigenvalue weighted by atomic mass is 32.1. The monoisotopic (exact) mass is 323 g/mol. The molecule has 5 heteroatoms. The number of aryl methyl sites for hydroxylation is 2. The summed E-state index contributed by atoms with van der Waals surface area (Å²) in [5, 5.41) is 2.76. The molecule has 0 fully saturated rings. The van der Waals surface area contributed by atoms with Crippen LogP contribution in [0.1, 0.15) is 52.0 Å². The van der Waals surface area contributed by atoms with Crippen molar-refractivity contribution in [3.05, 3.63) is 56.8 Å². The first-order valence-corrected chi connectivity index (χ1v) is 8.09. The average molecular weight is 323 g/mol. The Morgan fingerprint density at radius 1 is 1.32 bits per heavy atom. The van der Waals surface area contributed by atoms with Crippen LogP contribution in [-0.2, 0) is 6.42 Å². The summed E-state index contributed by atoms with van der Waals surface area (Å²) in [6.45, 7) is 5.77. The largest absolute Gasteiger partial charge is 0.345 e. The van der Waals surface area contributed by atoms with Crippen molar-refractivity contribution in [1.29, 1.82) is 0 Å². The van der Waals surface area contributed by atoms with E-state index in [9.17, 15) is 13.6 Å². The molecule has 2 aromatic rings. The van der Waals surface area contributed by atoms with Crippen LogP contribution in [0.4, 0.5) is 8.78 Å². The molecule has 0 radical (unpaired) electrons. The summed E-state index contributed by atoms with van der Waals surface area (Å²) >= 11 is 1.44. The second-order valence-electron chi connectivity index (χ2n) is 5.30. The van der Waals surface area contributed by atoms with Gasteiger partial charge in [0.2, 0.25) is 0 Å². The quantitative estimate of drug-likeness (QED) is 0.843. The van der Waals surface area contributed by atoms with Gasteiger partial charge in [0.15, 0.2) is 0 Å². The van der Waals surface area contributed by atoms with Crippen LogP contribution in [0.5, 0.6) is 0 Å². The van der Waals surface area contributed by atoms with Crippen LogP contribution >= 0.6 is 11.3 Å². The van der Waals surface area contributed by atoms with Crippen molar-refractivity contribution in [3.8, 4) is 0 Å². The molecule has 1 aromatic carbocycles. The molecule has 0 saturated carbocycles. The Morgan fingerprint density at radius 2 is 2.05 bits per heavy atom. The van der Waals surface area contributed by atoms with Crippen LogP contribution in [0.3, 0.4) is 0 Å². The summed E-state index contributed by atoms with van der Waals surface area (Å²) in [7, 11) is 0. The number of carbonyl (C=O) groups is 1. The molecular formula is C17H19F2NOS. The molecule has 1 aromatic heterocycles. The third-order valence-corrected chi connectivity index (χ3v) is 4.63. The molecule has 0 bridgehead atoms. The Kier molecular flexibility index (Phi) is 5.29. The number of halogens is 2. The molecule has 0 unspecified atom stereocenters. The molecule has 2 rings (SSSR count). The van der Waals surface area contributed by atoms with E-state index in [1.54, 1.807) is 6.92 Å². The number of amides is 1. The van der Waals surface area contributed by atoms with Crippen molar-refractivity contribution in [2.75, 3.05) is 0 Å². The molecule has 22 heavy (non-hydrogen) atoms. The molecule has 118 valence electrons. The zero-order valence-electron chi connectivity index (χ0n) is 12.9. The zero-order chi connectivity index (χ0) is 16.3. The number of rotatable bonds is 5. The van der Waals surface area contributed by atoms with Crippen LogP contribution in [0, 0.1) is 18.6 Å². The van der Waals surface area contributed by atoms with Gasteiger partial charge in [0.25, 0.3) is 5.91 Å². The molecule has 1 atom stereocenters. The lowest BCUT2D eigenvalue weighted by molar-refractivity contribution is 0.0943. The van der Waals surface area contributed by atoms with Crippen LogP contribution in [-0.4, -0.2) is 5.91 Å². The van der Waals surface area contributed by atoms with Gasteiger partial charge in [-0.15, -0.1) is 11.3 Å². The highest BCUT2D eigenvalue weighted by Crippen LogP contribution is 2.24. The second kappa shape index (κ2) is 7.01. The minimum Gasteiger partial charge on any atom is -0.345 e. The Bertz CT molecular complexity index is 681. The van der Waals surface area contributed by atoms with E-state index in [2.05, 4.69) is 12.2 Å². The number of hydrogen-bond donors (Lipinski definition) is 1. The van der Waals surface area contributed by atoms with Gasteiger partial charge in [0.1, 0.15) is 11.6 Å². The van der Waals surface area contributed by atoms with Crippen LogP contribution in [0.25, 0.3) is 0 Å². The molecule has 1 heterocycles. The van der Waals surface area contributed by atoms with Crippen molar-refractivity contribution in [2.24, 2.45) is 0 Å². The van der Waals surface area contributed by atoms with E-state index in [1.165, 1.54) is 29.0 Å². The molecule has 1 amide bonds. The minimum absolute atomic E-state index is 0.230. The van der Waals surface area contributed by atoms with Crippen molar-refractivity contribution in [3.63, 3.8) is 0 Å². The molecule has 2 nitrogen and oxygen atoms in total. The van der Waals surface area contributed by atoms with Gasteiger partial charge in [0, 0.05) is 16.5 Å². The summed E-state index contributed by atoms with van der Waals surface area (Å²) in [4.78, 5) is 14.0. The Labute approximate surface area is 133 Å². The summed E-state index contributed by atoms with van der Waals surface area (Å²) in [6.07, 6.45) is 1.97. The highest BCUT2D eigenvalue weighted by Gasteiger charge is 2.17. The van der Waals surface area contributed by atoms with Crippen molar-refractivity contribution in [2.45, 2.75) is 39.7 Å². The van der Waals surface area contributed by atoms with Gasteiger partial charge in [0.05, 0.1) is 10.9 Å². The lowest BCUT2D eigenvalue weighted by Crippen LogP contribution is -2.26. The van der Waals surface area contributed by atoms with Gasteiger partial charge in [-0.3, -0.25) is 4.79 Å². The summed E-state index contributed by atoms with van der Waals surface area (Å²) in [5.74, 6) is -1.51. The SMILES string of the molecule is CCCc1cc(C(=O)N[C@H](C)c2ccc(F)cc2F)sc1C. The molecule has 0 aliphatic rings. The lowest BCUT2D eigenvalue weighted by Gasteiger charge is -2.14. The van der Waals surface area contributed by atoms with Crippen molar-refractivity contribution >= 4 is 17.2 Å². The minimum atomic E-state index is -0.651. The second-order valence-corrected chi connectivity index (χ2v) is 6.56. The van der Waals surface area contributed by atoms with Gasteiger partial charge < -0.3 is 5.32 Å². The van der Waals surface area contributed by atoms with Crippen LogP contribution in [0.2, 0.25) is 0 Å². The maximum Gasteiger partial charge on any atom is 0.261 e. The molecular weight excluding hydrogens is 304 g/mol. The van der Waals surface area contributed by atoms with E-state index in [1.807, 2.05) is 13.0 Å². The zero-order valence-corrected chi connectivity index (χ0v) is 13.7. The fourth-order valence-electron chi connectivity index (χ4n) is 2.35. The topological polar surface area (TPSA) is 29.1 Å². The van der Waals surface area contributed by atoms with Gasteiger partial charge in [-0.05, 0) is 38.0 Å². The van der Waals surface area contributed by atoms with Gasteiger partial charge >= 0.3 is 0 Å². The van der Waals surface area contributed by atoms with E-state index < -0.39 is 17.7 Å². The van der Waals surface area contributed by atoms with E-state index in [0.29, 0.717) is 4.88 Å². The van der Waals surface area contributed by atoms with E-state index in [0.717, 1.165) is 23.8 Å². The number of carbonyl (C=O) groups excluding carboxylic acids is 1. The predicted octanol–water partition coefficient (Wildman–Crippen LogP) is 4.78. The molecule has 0 saturated heterocycles. The first kappa shape index (κ1) is 16.6. The van der Waals surface area contributed by atoms with Gasteiger partial charge in [-0.1, -0.05) is 19.4 Å². The third-order valence-electron chi connectivity index (χ3n) is 3.54. The van der Waals surface area contributed by atoms with E-state index in [4.69, 9.17) is 0 Å². The first-order chi connectivity index (χ1) is 10.4. The summed E-state index contributed by atoms with van der Waals surface area (Å²) in [6, 6.07) is 4.75. The van der Waals surface area contributed by atoms with E-state index >= 15 is 0 Å². The molecule has 0 aliphatic carbocycles. The molecule has 1 N–H and O–H groups in total. The highest BCUT2D eigenvalue weighted by molar-refractivity contribution is 7.14. The number of thiophene rings is 1. The molecule has 0 spiro atoms. The van der Waals surface area contributed by atoms with Crippen LogP contribution in [0.15, 0.2) is 24.3 Å². The van der Waals surface area contributed by atoms with Gasteiger partial charge in [-0.2, -0.15) is 0 Å². The fourth-order valence-corrected chi connectivity index (χ4v) is 3.32. The lowest BCUT2D eigenvalue weighted by atomic mass is 10.1. The normalized spacial score (nSPS) is 12.2. The predicted molar refractivity (Wildman–Crippen MR) is 85.3 cm³/mol. The van der Waals surface area contributed by atoms with Crippen molar-refractivity contribution in [1.82, 2.24) is 5.32 Å². The van der Waals surface area contributed by atoms with Gasteiger partial charge in [-0.25, -0.2) is 8.78 Å². The Morgan fingerprint density at radius 3 is 2.68 bits per heavy atom. The number of nitrogens with one attached hydrogen (secondary N) is 1. The molecule has 0 aliphatic heterocycles. The maximum atomic E-state index is 13.7. The summed E-state index contributed by atoms with van der Waals surface area (Å²) < 4.78 is 26.7. The number of benzene rings is 1. The smallest absolute Gasteiger partial charge is 0.261 e.